The molecule has 2 amide bonds. The highest BCUT2D eigenvalue weighted by atomic mass is 16.5. The molecule has 6 heteroatoms. The lowest BCUT2D eigenvalue weighted by Crippen LogP contribution is -2.51. The number of carbonyl (C=O) groups excluding carboxylic acids is 2. The van der Waals surface area contributed by atoms with E-state index in [-0.39, 0.29) is 18.4 Å². The number of carbonyl (C=O) groups is 2. The molecule has 0 aliphatic carbocycles. The molecule has 6 nitrogen and oxygen atoms in total. The van der Waals surface area contributed by atoms with Crippen LogP contribution in [0.25, 0.3) is 0 Å². The van der Waals surface area contributed by atoms with Crippen molar-refractivity contribution in [2.45, 2.75) is 27.2 Å². The second kappa shape index (κ2) is 10.3. The molecule has 2 aromatic rings. The molecule has 0 spiro atoms. The predicted octanol–water partition coefficient (Wildman–Crippen LogP) is 3.03. The van der Waals surface area contributed by atoms with Gasteiger partial charge in [-0.2, -0.15) is 0 Å². The second-order valence-corrected chi connectivity index (χ2v) is 7.70. The maximum absolute atomic E-state index is 12.5. The molecule has 1 heterocycles. The Morgan fingerprint density at radius 2 is 1.73 bits per heavy atom. The normalized spacial score (nSPS) is 14.4. The van der Waals surface area contributed by atoms with Crippen molar-refractivity contribution in [3.05, 3.63) is 59.2 Å². The van der Waals surface area contributed by atoms with Gasteiger partial charge in [0.25, 0.3) is 5.91 Å². The minimum absolute atomic E-state index is 0.0135. The maximum atomic E-state index is 12.5. The van der Waals surface area contributed by atoms with Gasteiger partial charge in [-0.25, -0.2) is 0 Å². The lowest BCUT2D eigenvalue weighted by Gasteiger charge is -2.34. The lowest BCUT2D eigenvalue weighted by atomic mass is 10.1. The smallest absolute Gasteiger partial charge is 0.260 e. The predicted molar refractivity (Wildman–Crippen MR) is 119 cm³/mol. The highest BCUT2D eigenvalue weighted by Gasteiger charge is 2.23. The molecule has 1 saturated heterocycles. The zero-order chi connectivity index (χ0) is 21.5. The van der Waals surface area contributed by atoms with E-state index in [1.54, 1.807) is 0 Å². The Morgan fingerprint density at radius 3 is 2.47 bits per heavy atom. The van der Waals surface area contributed by atoms with Crippen LogP contribution in [0, 0.1) is 13.8 Å². The molecule has 0 unspecified atom stereocenters. The zero-order valence-electron chi connectivity index (χ0n) is 18.1. The third kappa shape index (κ3) is 5.60. The third-order valence-electron chi connectivity index (χ3n) is 5.68. The van der Waals surface area contributed by atoms with E-state index in [9.17, 15) is 9.59 Å². The number of rotatable bonds is 7. The van der Waals surface area contributed by atoms with Gasteiger partial charge in [-0.15, -0.1) is 0 Å². The lowest BCUT2D eigenvalue weighted by molar-refractivity contribution is -0.135. The second-order valence-electron chi connectivity index (χ2n) is 7.70. The fourth-order valence-electron chi connectivity index (χ4n) is 3.60. The number of anilines is 1. The summed E-state index contributed by atoms with van der Waals surface area (Å²) in [6.07, 6.45) is 0.868. The summed E-state index contributed by atoms with van der Waals surface area (Å²) in [6, 6.07) is 13.7. The molecule has 1 aliphatic heterocycles. The van der Waals surface area contributed by atoms with Crippen molar-refractivity contribution in [1.29, 1.82) is 0 Å². The molecule has 30 heavy (non-hydrogen) atoms. The topological polar surface area (TPSA) is 61.9 Å². The number of amides is 2. The average molecular weight is 410 g/mol. The summed E-state index contributed by atoms with van der Waals surface area (Å²) in [6.45, 7) is 9.05. The average Bonchev–Trinajstić information content (AvgIpc) is 2.76. The van der Waals surface area contributed by atoms with Crippen LogP contribution >= 0.6 is 0 Å². The number of nitrogens with one attached hydrogen (secondary N) is 1. The van der Waals surface area contributed by atoms with Crippen LogP contribution in [-0.4, -0.2) is 60.9 Å². The number of ether oxygens (including phenoxy) is 1. The number of hydrogen-bond acceptors (Lipinski definition) is 4. The first kappa shape index (κ1) is 21.8. The van der Waals surface area contributed by atoms with Crippen LogP contribution in [0.5, 0.6) is 5.75 Å². The van der Waals surface area contributed by atoms with Crippen LogP contribution in [0.15, 0.2) is 42.5 Å². The summed E-state index contributed by atoms with van der Waals surface area (Å²) >= 11 is 0. The molecule has 0 saturated carbocycles. The van der Waals surface area contributed by atoms with Crippen molar-refractivity contribution >= 4 is 17.5 Å². The molecule has 0 aromatic heterocycles. The number of para-hydroxylation sites is 1. The van der Waals surface area contributed by atoms with Gasteiger partial charge < -0.3 is 15.0 Å². The minimum atomic E-state index is -0.0250. The van der Waals surface area contributed by atoms with Gasteiger partial charge in [0.05, 0.1) is 6.54 Å². The molecule has 160 valence electrons. The van der Waals surface area contributed by atoms with E-state index in [1.807, 2.05) is 61.2 Å². The van der Waals surface area contributed by atoms with Gasteiger partial charge in [0.15, 0.2) is 6.61 Å². The summed E-state index contributed by atoms with van der Waals surface area (Å²) in [5.74, 6) is 0.735. The first-order chi connectivity index (χ1) is 14.5. The van der Waals surface area contributed by atoms with Crippen LogP contribution in [0.3, 0.4) is 0 Å². The van der Waals surface area contributed by atoms with Crippen molar-refractivity contribution in [2.75, 3.05) is 44.6 Å². The highest BCUT2D eigenvalue weighted by Crippen LogP contribution is 2.19. The van der Waals surface area contributed by atoms with E-state index in [2.05, 4.69) is 17.1 Å². The van der Waals surface area contributed by atoms with Crippen LogP contribution in [0.2, 0.25) is 0 Å². The van der Waals surface area contributed by atoms with E-state index >= 15 is 0 Å². The Labute approximate surface area is 178 Å². The fourth-order valence-corrected chi connectivity index (χ4v) is 3.60. The molecule has 0 bridgehead atoms. The quantitative estimate of drug-likeness (QED) is 0.764. The first-order valence-corrected chi connectivity index (χ1v) is 10.5. The largest absolute Gasteiger partial charge is 0.483 e. The number of piperazine rings is 1. The van der Waals surface area contributed by atoms with Gasteiger partial charge in [0.1, 0.15) is 5.75 Å². The van der Waals surface area contributed by atoms with Crippen LogP contribution in [0.4, 0.5) is 5.69 Å². The van der Waals surface area contributed by atoms with Crippen molar-refractivity contribution in [2.24, 2.45) is 0 Å². The number of benzene rings is 2. The van der Waals surface area contributed by atoms with Crippen LogP contribution in [-0.2, 0) is 16.0 Å². The van der Waals surface area contributed by atoms with E-state index in [0.717, 1.165) is 34.5 Å². The summed E-state index contributed by atoms with van der Waals surface area (Å²) in [5, 5.41) is 3.00. The van der Waals surface area contributed by atoms with Gasteiger partial charge in [0, 0.05) is 31.9 Å². The third-order valence-corrected chi connectivity index (χ3v) is 5.68. The number of aryl methyl sites for hydroxylation is 2. The SMILES string of the molecule is CCc1ccccc1OCC(=O)N1CCN(CC(=O)Nc2cccc(C)c2C)CC1. The van der Waals surface area contributed by atoms with Gasteiger partial charge in [0.2, 0.25) is 5.91 Å². The summed E-state index contributed by atoms with van der Waals surface area (Å²) < 4.78 is 5.75. The Kier molecular flexibility index (Phi) is 7.46. The van der Waals surface area contributed by atoms with Gasteiger partial charge >= 0.3 is 0 Å². The monoisotopic (exact) mass is 409 g/mol. The number of hydrogen-bond donors (Lipinski definition) is 1. The highest BCUT2D eigenvalue weighted by molar-refractivity contribution is 5.93. The molecule has 3 rings (SSSR count). The minimum Gasteiger partial charge on any atom is -0.483 e. The van der Waals surface area contributed by atoms with Crippen LogP contribution in [0.1, 0.15) is 23.6 Å². The van der Waals surface area contributed by atoms with Crippen LogP contribution < -0.4 is 10.1 Å². The first-order valence-electron chi connectivity index (χ1n) is 10.5. The van der Waals surface area contributed by atoms with Gasteiger partial charge in [-0.05, 0) is 49.1 Å². The summed E-state index contributed by atoms with van der Waals surface area (Å²) in [5.41, 5.74) is 4.21. The fraction of sp³-hybridized carbons (Fsp3) is 0.417. The Bertz CT molecular complexity index is 889. The zero-order valence-corrected chi connectivity index (χ0v) is 18.1. The molecular weight excluding hydrogens is 378 g/mol. The van der Waals surface area contributed by atoms with Crippen molar-refractivity contribution < 1.29 is 14.3 Å². The molecular formula is C24H31N3O3. The van der Waals surface area contributed by atoms with Crippen molar-refractivity contribution in [3.8, 4) is 5.75 Å². The molecule has 2 aromatic carbocycles. The molecule has 0 radical (unpaired) electrons. The molecule has 1 N–H and O–H groups in total. The van der Waals surface area contributed by atoms with E-state index < -0.39 is 0 Å². The Hall–Kier alpha value is -2.86. The van der Waals surface area contributed by atoms with Gasteiger partial charge in [-0.3, -0.25) is 14.5 Å². The molecule has 1 fully saturated rings. The standard InChI is InChI=1S/C24H31N3O3/c1-4-20-9-5-6-11-22(20)30-17-24(29)27-14-12-26(13-15-27)16-23(28)25-21-10-7-8-18(2)19(21)3/h5-11H,4,12-17H2,1-3H3,(H,25,28). The Balaban J connectivity index is 1.43. The van der Waals surface area contributed by atoms with Gasteiger partial charge in [-0.1, -0.05) is 37.3 Å². The van der Waals surface area contributed by atoms with E-state index in [4.69, 9.17) is 4.74 Å². The van der Waals surface area contributed by atoms with Crippen molar-refractivity contribution in [3.63, 3.8) is 0 Å². The Morgan fingerprint density at radius 1 is 1.00 bits per heavy atom. The summed E-state index contributed by atoms with van der Waals surface area (Å²) in [7, 11) is 0. The molecule has 0 atom stereocenters. The van der Waals surface area contributed by atoms with E-state index in [1.165, 1.54) is 0 Å². The van der Waals surface area contributed by atoms with Crippen molar-refractivity contribution in [1.82, 2.24) is 9.80 Å². The maximum Gasteiger partial charge on any atom is 0.260 e. The summed E-state index contributed by atoms with van der Waals surface area (Å²) in [4.78, 5) is 28.8. The number of nitrogens with zero attached hydrogens (tertiary/aromatic N) is 2. The van der Waals surface area contributed by atoms with E-state index in [0.29, 0.717) is 32.7 Å². The molecule has 1 aliphatic rings.